The van der Waals surface area contributed by atoms with E-state index in [1.807, 2.05) is 70.2 Å². The summed E-state index contributed by atoms with van der Waals surface area (Å²) in [6.07, 6.45) is 1.60. The van der Waals surface area contributed by atoms with Gasteiger partial charge in [-0.25, -0.2) is 4.79 Å². The molecule has 1 N–H and O–H groups in total. The van der Waals surface area contributed by atoms with Gasteiger partial charge in [0.15, 0.2) is 0 Å². The van der Waals surface area contributed by atoms with Crippen LogP contribution in [0.3, 0.4) is 0 Å². The number of carbonyl (C=O) groups is 1. The predicted octanol–water partition coefficient (Wildman–Crippen LogP) is 6.09. The van der Waals surface area contributed by atoms with Gasteiger partial charge in [-0.3, -0.25) is 0 Å². The minimum absolute atomic E-state index is 0.213. The largest absolute Gasteiger partial charge is 0.492 e. The zero-order chi connectivity index (χ0) is 24.3. The summed E-state index contributed by atoms with van der Waals surface area (Å²) in [5.41, 5.74) is 3.01. The molecule has 1 heterocycles. The maximum Gasteiger partial charge on any atom is 0.492 e. The number of carbonyl (C=O) groups excluding carboxylic acids is 1. The molecule has 1 aliphatic rings. The van der Waals surface area contributed by atoms with Gasteiger partial charge >= 0.3 is 13.2 Å². The van der Waals surface area contributed by atoms with Crippen LogP contribution in [0.25, 0.3) is 16.8 Å². The Morgan fingerprint density at radius 3 is 2.29 bits per heavy atom. The molecule has 3 aromatic rings. The van der Waals surface area contributed by atoms with Crippen molar-refractivity contribution in [1.82, 2.24) is 5.32 Å². The third-order valence-corrected chi connectivity index (χ3v) is 6.72. The Kier molecular flexibility index (Phi) is 6.83. The van der Waals surface area contributed by atoms with Crippen LogP contribution < -0.4 is 5.32 Å². The first kappa shape index (κ1) is 24.1. The minimum atomic E-state index is -0.585. The predicted molar refractivity (Wildman–Crippen MR) is 137 cm³/mol. The van der Waals surface area contributed by atoms with Gasteiger partial charge < -0.3 is 19.4 Å². The zero-order valence-electron chi connectivity index (χ0n) is 20.6. The number of hydrogen-bond acceptors (Lipinski definition) is 4. The van der Waals surface area contributed by atoms with E-state index < -0.39 is 24.4 Å². The van der Waals surface area contributed by atoms with Crippen LogP contribution in [0, 0.1) is 6.92 Å². The summed E-state index contributed by atoms with van der Waals surface area (Å²) in [7, 11) is -0.585. The molecular formula is C28H32BNO4. The molecule has 5 nitrogen and oxygen atoms in total. The Balaban J connectivity index is 1.60. The summed E-state index contributed by atoms with van der Waals surface area (Å²) in [4.78, 5) is 12.5. The van der Waals surface area contributed by atoms with E-state index in [1.54, 1.807) is 0 Å². The van der Waals surface area contributed by atoms with E-state index in [2.05, 4.69) is 42.6 Å². The SMILES string of the molecule is Cc1ccc2ccccc2c1C=C(CNC(=O)OCc1ccccc1)B1OC(C)(C)C(C)(C)O1. The quantitative estimate of drug-likeness (QED) is 0.455. The molecule has 176 valence electrons. The van der Waals surface area contributed by atoms with Crippen LogP contribution in [-0.2, 0) is 20.7 Å². The van der Waals surface area contributed by atoms with E-state index in [0.717, 1.165) is 32.9 Å². The molecule has 1 fully saturated rings. The molecule has 0 aliphatic carbocycles. The first-order chi connectivity index (χ1) is 16.2. The number of ether oxygens (including phenoxy) is 1. The Morgan fingerprint density at radius 1 is 0.941 bits per heavy atom. The van der Waals surface area contributed by atoms with Crippen molar-refractivity contribution in [3.8, 4) is 0 Å². The number of aryl methyl sites for hydroxylation is 1. The molecule has 0 atom stereocenters. The average Bonchev–Trinajstić information content (AvgIpc) is 3.03. The maximum absolute atomic E-state index is 12.5. The molecule has 34 heavy (non-hydrogen) atoms. The number of rotatable bonds is 6. The van der Waals surface area contributed by atoms with Gasteiger partial charge in [-0.05, 0) is 67.6 Å². The summed E-state index contributed by atoms with van der Waals surface area (Å²) in [6.45, 7) is 10.6. The number of nitrogens with one attached hydrogen (secondary N) is 1. The topological polar surface area (TPSA) is 56.8 Å². The highest BCUT2D eigenvalue weighted by Crippen LogP contribution is 2.39. The second kappa shape index (κ2) is 9.65. The zero-order valence-corrected chi connectivity index (χ0v) is 20.6. The van der Waals surface area contributed by atoms with Gasteiger partial charge in [0.2, 0.25) is 0 Å². The molecule has 1 saturated heterocycles. The highest BCUT2D eigenvalue weighted by Gasteiger charge is 2.52. The number of amides is 1. The second-order valence-electron chi connectivity index (χ2n) is 9.74. The van der Waals surface area contributed by atoms with Gasteiger partial charge in [0, 0.05) is 6.54 Å². The number of benzene rings is 3. The van der Waals surface area contributed by atoms with E-state index in [1.165, 1.54) is 0 Å². The Labute approximate surface area is 202 Å². The number of hydrogen-bond donors (Lipinski definition) is 1. The summed E-state index contributed by atoms with van der Waals surface area (Å²) >= 11 is 0. The van der Waals surface area contributed by atoms with Crippen LogP contribution in [0.1, 0.15) is 44.4 Å². The van der Waals surface area contributed by atoms with Crippen LogP contribution >= 0.6 is 0 Å². The van der Waals surface area contributed by atoms with E-state index in [0.29, 0.717) is 0 Å². The van der Waals surface area contributed by atoms with Crippen LogP contribution in [0.5, 0.6) is 0 Å². The normalized spacial score (nSPS) is 17.1. The summed E-state index contributed by atoms with van der Waals surface area (Å²) in [6, 6.07) is 22.1. The van der Waals surface area contributed by atoms with E-state index in [4.69, 9.17) is 14.0 Å². The lowest BCUT2D eigenvalue weighted by molar-refractivity contribution is 0.00578. The van der Waals surface area contributed by atoms with Crippen LogP contribution in [0.15, 0.2) is 72.2 Å². The monoisotopic (exact) mass is 457 g/mol. The second-order valence-corrected chi connectivity index (χ2v) is 9.74. The first-order valence-electron chi connectivity index (χ1n) is 11.7. The van der Waals surface area contributed by atoms with Crippen molar-refractivity contribution in [2.24, 2.45) is 0 Å². The molecule has 0 saturated carbocycles. The van der Waals surface area contributed by atoms with E-state index in [-0.39, 0.29) is 13.2 Å². The fourth-order valence-corrected chi connectivity index (χ4v) is 3.93. The van der Waals surface area contributed by atoms with Crippen molar-refractivity contribution in [1.29, 1.82) is 0 Å². The van der Waals surface area contributed by atoms with Gasteiger partial charge in [-0.2, -0.15) is 0 Å². The highest BCUT2D eigenvalue weighted by molar-refractivity contribution is 6.56. The van der Waals surface area contributed by atoms with Gasteiger partial charge in [-0.15, -0.1) is 0 Å². The Bertz CT molecular complexity index is 1190. The van der Waals surface area contributed by atoms with Crippen molar-refractivity contribution in [3.05, 3.63) is 88.9 Å². The summed E-state index contributed by atoms with van der Waals surface area (Å²) < 4.78 is 18.1. The third-order valence-electron chi connectivity index (χ3n) is 6.72. The molecule has 1 amide bonds. The van der Waals surface area contributed by atoms with E-state index in [9.17, 15) is 4.79 Å². The number of alkyl carbamates (subject to hydrolysis) is 1. The molecule has 6 heteroatoms. The fraction of sp³-hybridized carbons (Fsp3) is 0.321. The first-order valence-corrected chi connectivity index (χ1v) is 11.7. The Morgan fingerprint density at radius 2 is 1.59 bits per heavy atom. The lowest BCUT2D eigenvalue weighted by atomic mass is 9.76. The standard InChI is InChI=1S/C28H32BNO4/c1-20-15-16-22-13-9-10-14-24(22)25(20)17-23(29-33-27(2,3)28(4,5)34-29)18-30-26(31)32-19-21-11-7-6-8-12-21/h6-17H,18-19H2,1-5H3,(H,30,31). The highest BCUT2D eigenvalue weighted by atomic mass is 16.7. The Hall–Kier alpha value is -3.09. The smallest absolute Gasteiger partial charge is 0.445 e. The molecule has 3 aromatic carbocycles. The molecule has 0 radical (unpaired) electrons. The lowest BCUT2D eigenvalue weighted by Crippen LogP contribution is -2.41. The molecule has 4 rings (SSSR count). The van der Waals surface area contributed by atoms with Crippen LogP contribution in [0.2, 0.25) is 0 Å². The van der Waals surface area contributed by atoms with Gasteiger partial charge in [0.1, 0.15) is 6.61 Å². The van der Waals surface area contributed by atoms with Crippen LogP contribution in [-0.4, -0.2) is 31.0 Å². The summed E-state index contributed by atoms with van der Waals surface area (Å²) in [5, 5.41) is 5.18. The fourth-order valence-electron chi connectivity index (χ4n) is 3.93. The van der Waals surface area contributed by atoms with Gasteiger partial charge in [0.25, 0.3) is 0 Å². The van der Waals surface area contributed by atoms with E-state index >= 15 is 0 Å². The number of fused-ring (bicyclic) bond motifs is 1. The molecular weight excluding hydrogens is 425 g/mol. The maximum atomic E-state index is 12.5. The van der Waals surface area contributed by atoms with Crippen molar-refractivity contribution in [3.63, 3.8) is 0 Å². The molecule has 0 bridgehead atoms. The molecule has 0 aromatic heterocycles. The minimum Gasteiger partial charge on any atom is -0.445 e. The molecule has 1 aliphatic heterocycles. The van der Waals surface area contributed by atoms with Crippen molar-refractivity contribution < 1.29 is 18.8 Å². The van der Waals surface area contributed by atoms with Gasteiger partial charge in [-0.1, -0.05) is 72.8 Å². The van der Waals surface area contributed by atoms with Crippen molar-refractivity contribution >= 4 is 30.1 Å². The van der Waals surface area contributed by atoms with Gasteiger partial charge in [0.05, 0.1) is 11.2 Å². The third kappa shape index (κ3) is 5.19. The molecule has 0 spiro atoms. The van der Waals surface area contributed by atoms with Crippen LogP contribution in [0.4, 0.5) is 4.79 Å². The van der Waals surface area contributed by atoms with Crippen molar-refractivity contribution in [2.75, 3.05) is 6.54 Å². The van der Waals surface area contributed by atoms with Crippen molar-refractivity contribution in [2.45, 2.75) is 52.4 Å². The molecule has 0 unspecified atom stereocenters. The average molecular weight is 457 g/mol. The lowest BCUT2D eigenvalue weighted by Gasteiger charge is -2.32. The summed E-state index contributed by atoms with van der Waals surface area (Å²) in [5.74, 6) is 0.